The Hall–Kier alpha value is -2.18. The molecule has 3 aromatic rings. The van der Waals surface area contributed by atoms with Gasteiger partial charge in [-0.25, -0.2) is 0 Å². The van der Waals surface area contributed by atoms with Crippen LogP contribution in [0.2, 0.25) is 0 Å². The first-order valence-corrected chi connectivity index (χ1v) is 11.1. The molecule has 152 valence electrons. The molecule has 0 aliphatic carbocycles. The average Bonchev–Trinajstić information content (AvgIpc) is 2.62. The molecule has 0 bridgehead atoms. The van der Waals surface area contributed by atoms with E-state index in [2.05, 4.69) is 72.8 Å². The van der Waals surface area contributed by atoms with Crippen LogP contribution in [-0.2, 0) is 10.9 Å². The van der Waals surface area contributed by atoms with Crippen LogP contribution in [0, 0.1) is 0 Å². The Labute approximate surface area is 161 Å². The number of benzene rings is 3. The van der Waals surface area contributed by atoms with Crippen molar-refractivity contribution in [3.05, 3.63) is 84.9 Å². The Morgan fingerprint density at radius 3 is 1.21 bits per heavy atom. The van der Waals surface area contributed by atoms with Gasteiger partial charge in [0.2, 0.25) is 0 Å². The fraction of sp³-hybridized carbons (Fsp3) is 0.0526. The van der Waals surface area contributed by atoms with Crippen molar-refractivity contribution in [2.75, 3.05) is 7.11 Å². The summed E-state index contributed by atoms with van der Waals surface area (Å²) in [5, 5.41) is 0. The summed E-state index contributed by atoms with van der Waals surface area (Å²) >= 11 is 0. The standard InChI is InChI=1S/C19H17OS.F6P/c1-20-16-12-14-19(15-13-16)21(17-8-4-2-5-9-17)18-10-6-3-7-11-18;1-7(2,3,4,5)6/h2-15H,1H3;/q+1;-1. The van der Waals surface area contributed by atoms with Crippen LogP contribution in [0.25, 0.3) is 0 Å². The van der Waals surface area contributed by atoms with E-state index in [0.29, 0.717) is 0 Å². The SMILES string of the molecule is COc1ccc([S+](c2ccccc2)c2ccccc2)cc1.F[P-](F)(F)(F)(F)F. The maximum absolute atomic E-state index is 10.7. The summed E-state index contributed by atoms with van der Waals surface area (Å²) in [5.74, 6) is 0.892. The second-order valence-corrected chi connectivity index (χ2v) is 9.51. The van der Waals surface area contributed by atoms with Gasteiger partial charge in [-0.1, -0.05) is 36.4 Å². The van der Waals surface area contributed by atoms with E-state index >= 15 is 0 Å². The normalized spacial score (nSPS) is 13.7. The van der Waals surface area contributed by atoms with Gasteiger partial charge in [0.1, 0.15) is 5.75 Å². The number of hydrogen-bond acceptors (Lipinski definition) is 1. The number of halogens is 6. The zero-order valence-electron chi connectivity index (χ0n) is 14.6. The molecule has 0 unspecified atom stereocenters. The molecule has 0 aromatic heterocycles. The third kappa shape index (κ3) is 8.67. The van der Waals surface area contributed by atoms with Crippen LogP contribution >= 0.6 is 7.81 Å². The monoisotopic (exact) mass is 438 g/mol. The van der Waals surface area contributed by atoms with Crippen molar-refractivity contribution >= 4 is 18.7 Å². The minimum absolute atomic E-state index is 0.0804. The van der Waals surface area contributed by atoms with Crippen molar-refractivity contribution in [3.8, 4) is 5.75 Å². The molecule has 0 aliphatic rings. The second-order valence-electron chi connectivity index (χ2n) is 5.57. The second kappa shape index (κ2) is 7.68. The molecule has 3 aromatic carbocycles. The molecular weight excluding hydrogens is 421 g/mol. The van der Waals surface area contributed by atoms with Gasteiger partial charge in [-0.2, -0.15) is 0 Å². The molecular formula is C19H17F6OPS. The molecule has 0 amide bonds. The summed E-state index contributed by atoms with van der Waals surface area (Å²) in [6.07, 6.45) is 0. The van der Waals surface area contributed by atoms with Crippen molar-refractivity contribution in [1.29, 1.82) is 0 Å². The van der Waals surface area contributed by atoms with Crippen molar-refractivity contribution in [2.45, 2.75) is 14.7 Å². The molecule has 1 nitrogen and oxygen atoms in total. The Morgan fingerprint density at radius 2 is 0.893 bits per heavy atom. The van der Waals surface area contributed by atoms with Gasteiger partial charge >= 0.3 is 33.0 Å². The van der Waals surface area contributed by atoms with Gasteiger partial charge in [-0.05, 0) is 48.5 Å². The third-order valence-corrected chi connectivity index (χ3v) is 5.48. The average molecular weight is 438 g/mol. The molecule has 0 radical (unpaired) electrons. The van der Waals surface area contributed by atoms with E-state index in [-0.39, 0.29) is 10.9 Å². The van der Waals surface area contributed by atoms with Crippen LogP contribution in [-0.4, -0.2) is 7.11 Å². The molecule has 0 fully saturated rings. The zero-order chi connectivity index (χ0) is 20.9. The van der Waals surface area contributed by atoms with Crippen molar-refractivity contribution in [2.24, 2.45) is 0 Å². The minimum atomic E-state index is -10.7. The van der Waals surface area contributed by atoms with E-state index in [0.717, 1.165) is 5.75 Å². The molecule has 0 saturated carbocycles. The van der Waals surface area contributed by atoms with Crippen molar-refractivity contribution < 1.29 is 29.9 Å². The van der Waals surface area contributed by atoms with Gasteiger partial charge in [-0.15, -0.1) is 0 Å². The summed E-state index contributed by atoms with van der Waals surface area (Å²) in [6.45, 7) is 0. The molecule has 0 heterocycles. The van der Waals surface area contributed by atoms with Crippen LogP contribution in [0.4, 0.5) is 25.2 Å². The van der Waals surface area contributed by atoms with Gasteiger partial charge in [-0.3, -0.25) is 0 Å². The number of ether oxygens (including phenoxy) is 1. The molecule has 0 spiro atoms. The van der Waals surface area contributed by atoms with Crippen molar-refractivity contribution in [3.63, 3.8) is 0 Å². The van der Waals surface area contributed by atoms with E-state index < -0.39 is 7.81 Å². The molecule has 0 atom stereocenters. The Bertz CT molecular complexity index is 834. The fourth-order valence-corrected chi connectivity index (χ4v) is 4.32. The fourth-order valence-electron chi connectivity index (χ4n) is 2.23. The Kier molecular flexibility index (Phi) is 6.07. The summed E-state index contributed by atoms with van der Waals surface area (Å²) < 4.78 is 64.5. The predicted molar refractivity (Wildman–Crippen MR) is 102 cm³/mol. The van der Waals surface area contributed by atoms with Gasteiger partial charge in [0.15, 0.2) is 14.7 Å². The van der Waals surface area contributed by atoms with E-state index in [4.69, 9.17) is 4.74 Å². The summed E-state index contributed by atoms with van der Waals surface area (Å²) in [6, 6.07) is 29.7. The molecule has 0 N–H and O–H groups in total. The predicted octanol–water partition coefficient (Wildman–Crippen LogP) is 8.17. The van der Waals surface area contributed by atoms with Gasteiger partial charge in [0.25, 0.3) is 0 Å². The van der Waals surface area contributed by atoms with E-state index in [1.165, 1.54) is 14.7 Å². The Balaban J connectivity index is 0.000000345. The van der Waals surface area contributed by atoms with Crippen LogP contribution in [0.1, 0.15) is 0 Å². The van der Waals surface area contributed by atoms with Gasteiger partial charge in [0, 0.05) is 0 Å². The van der Waals surface area contributed by atoms with Gasteiger partial charge in [0.05, 0.1) is 18.0 Å². The van der Waals surface area contributed by atoms with Crippen molar-refractivity contribution in [1.82, 2.24) is 0 Å². The number of rotatable bonds is 4. The summed E-state index contributed by atoms with van der Waals surface area (Å²) in [4.78, 5) is 3.95. The van der Waals surface area contributed by atoms with Crippen LogP contribution in [0.5, 0.6) is 5.75 Å². The van der Waals surface area contributed by atoms with Gasteiger partial charge < -0.3 is 4.74 Å². The molecule has 0 saturated heterocycles. The van der Waals surface area contributed by atoms with Crippen LogP contribution < -0.4 is 4.74 Å². The third-order valence-electron chi connectivity index (χ3n) is 3.25. The molecule has 0 aliphatic heterocycles. The van der Waals surface area contributed by atoms with E-state index in [9.17, 15) is 25.2 Å². The Morgan fingerprint density at radius 1 is 0.571 bits per heavy atom. The number of methoxy groups -OCH3 is 1. The van der Waals surface area contributed by atoms with Crippen LogP contribution in [0.3, 0.4) is 0 Å². The maximum atomic E-state index is 9.87. The summed E-state index contributed by atoms with van der Waals surface area (Å²) in [7, 11) is -9.04. The van der Waals surface area contributed by atoms with E-state index in [1.54, 1.807) is 7.11 Å². The zero-order valence-corrected chi connectivity index (χ0v) is 16.3. The first-order chi connectivity index (χ1) is 12.8. The topological polar surface area (TPSA) is 9.23 Å². The van der Waals surface area contributed by atoms with E-state index in [1.807, 2.05) is 12.1 Å². The van der Waals surface area contributed by atoms with Crippen LogP contribution in [0.15, 0.2) is 99.6 Å². The molecule has 9 heteroatoms. The first kappa shape index (κ1) is 22.1. The molecule has 28 heavy (non-hydrogen) atoms. The molecule has 3 rings (SSSR count). The number of hydrogen-bond donors (Lipinski definition) is 0. The first-order valence-electron chi connectivity index (χ1n) is 7.88. The summed E-state index contributed by atoms with van der Waals surface area (Å²) in [5.41, 5.74) is 0. The quantitative estimate of drug-likeness (QED) is 0.227.